The van der Waals surface area contributed by atoms with Crippen LogP contribution in [-0.2, 0) is 13.6 Å². The number of aromatic nitrogens is 2. The number of carbonyl (C=O) groups excluding carboxylic acids is 1. The number of amides is 1. The standard InChI is InChI=1S/C17H20N4O2/c1-12-10-19(2)15-7-5-4-6-13(15)11-21(12)17(23)14-8-9-16(22)20(3)18-14/h4-9,12H,10-11H2,1-3H3/t12-/m1/s1. The molecule has 0 radical (unpaired) electrons. The Hall–Kier alpha value is -2.63. The molecule has 3 rings (SSSR count). The highest BCUT2D eigenvalue weighted by Crippen LogP contribution is 2.26. The fourth-order valence-corrected chi connectivity index (χ4v) is 2.98. The Morgan fingerprint density at radius 2 is 1.91 bits per heavy atom. The van der Waals surface area contributed by atoms with Crippen LogP contribution in [0.3, 0.4) is 0 Å². The maximum atomic E-state index is 12.9. The highest BCUT2D eigenvalue weighted by molar-refractivity contribution is 5.92. The number of hydrogen-bond acceptors (Lipinski definition) is 4. The normalized spacial score (nSPS) is 17.6. The van der Waals surface area contributed by atoms with Gasteiger partial charge in [-0.15, -0.1) is 0 Å². The molecule has 1 aromatic carbocycles. The average Bonchev–Trinajstić information content (AvgIpc) is 2.66. The molecule has 0 N–H and O–H groups in total. The molecule has 0 fully saturated rings. The van der Waals surface area contributed by atoms with E-state index in [4.69, 9.17) is 0 Å². The van der Waals surface area contributed by atoms with Gasteiger partial charge in [0.15, 0.2) is 0 Å². The third-order valence-corrected chi connectivity index (χ3v) is 4.25. The molecular weight excluding hydrogens is 292 g/mol. The smallest absolute Gasteiger partial charge is 0.274 e. The number of carbonyl (C=O) groups is 1. The van der Waals surface area contributed by atoms with Gasteiger partial charge in [-0.2, -0.15) is 5.10 Å². The molecule has 1 amide bonds. The Balaban J connectivity index is 1.96. The maximum absolute atomic E-state index is 12.9. The van der Waals surface area contributed by atoms with Gasteiger partial charge in [0, 0.05) is 45.0 Å². The third kappa shape index (κ3) is 2.84. The van der Waals surface area contributed by atoms with Crippen molar-refractivity contribution in [2.24, 2.45) is 7.05 Å². The zero-order valence-electron chi connectivity index (χ0n) is 13.6. The minimum Gasteiger partial charge on any atom is -0.372 e. The largest absolute Gasteiger partial charge is 0.372 e. The zero-order chi connectivity index (χ0) is 16.6. The van der Waals surface area contributed by atoms with Gasteiger partial charge in [-0.1, -0.05) is 18.2 Å². The van der Waals surface area contributed by atoms with Crippen LogP contribution < -0.4 is 10.5 Å². The van der Waals surface area contributed by atoms with Crippen molar-refractivity contribution in [3.63, 3.8) is 0 Å². The Morgan fingerprint density at radius 3 is 2.65 bits per heavy atom. The first-order valence-electron chi connectivity index (χ1n) is 7.61. The van der Waals surface area contributed by atoms with Crippen LogP contribution in [0.25, 0.3) is 0 Å². The molecule has 6 nitrogen and oxygen atoms in total. The zero-order valence-corrected chi connectivity index (χ0v) is 13.6. The lowest BCUT2D eigenvalue weighted by Gasteiger charge is -2.28. The van der Waals surface area contributed by atoms with Gasteiger partial charge >= 0.3 is 0 Å². The molecule has 0 aliphatic carbocycles. The van der Waals surface area contributed by atoms with Gasteiger partial charge in [-0.3, -0.25) is 9.59 Å². The van der Waals surface area contributed by atoms with Crippen molar-refractivity contribution in [3.8, 4) is 0 Å². The number of anilines is 1. The van der Waals surface area contributed by atoms with Crippen LogP contribution in [0.5, 0.6) is 0 Å². The molecule has 0 saturated carbocycles. The number of benzene rings is 1. The lowest BCUT2D eigenvalue weighted by molar-refractivity contribution is 0.0678. The molecule has 1 atom stereocenters. The van der Waals surface area contributed by atoms with Crippen LogP contribution in [0.4, 0.5) is 5.69 Å². The predicted octanol–water partition coefficient (Wildman–Crippen LogP) is 1.26. The van der Waals surface area contributed by atoms with E-state index in [0.29, 0.717) is 12.2 Å². The van der Waals surface area contributed by atoms with Crippen LogP contribution in [-0.4, -0.2) is 40.2 Å². The Kier molecular flexibility index (Phi) is 3.90. The van der Waals surface area contributed by atoms with E-state index >= 15 is 0 Å². The summed E-state index contributed by atoms with van der Waals surface area (Å²) in [7, 11) is 3.59. The van der Waals surface area contributed by atoms with E-state index in [-0.39, 0.29) is 17.5 Å². The van der Waals surface area contributed by atoms with E-state index in [1.165, 1.54) is 16.8 Å². The Morgan fingerprint density at radius 1 is 1.17 bits per heavy atom. The van der Waals surface area contributed by atoms with Crippen molar-refractivity contribution in [3.05, 3.63) is 58.0 Å². The van der Waals surface area contributed by atoms with Crippen molar-refractivity contribution < 1.29 is 4.79 Å². The molecule has 120 valence electrons. The molecule has 1 aromatic heterocycles. The number of rotatable bonds is 1. The van der Waals surface area contributed by atoms with Gasteiger partial charge in [0.2, 0.25) is 0 Å². The van der Waals surface area contributed by atoms with Gasteiger partial charge in [0.25, 0.3) is 11.5 Å². The second kappa shape index (κ2) is 5.87. The first-order valence-corrected chi connectivity index (χ1v) is 7.61. The molecule has 0 spiro atoms. The quantitative estimate of drug-likeness (QED) is 0.795. The fourth-order valence-electron chi connectivity index (χ4n) is 2.98. The number of hydrogen-bond donors (Lipinski definition) is 0. The Labute approximate surface area is 134 Å². The summed E-state index contributed by atoms with van der Waals surface area (Å²) in [5.41, 5.74) is 2.32. The molecule has 6 heteroatoms. The van der Waals surface area contributed by atoms with Crippen molar-refractivity contribution in [1.29, 1.82) is 0 Å². The minimum absolute atomic E-state index is 0.0407. The molecule has 0 bridgehead atoms. The number of fused-ring (bicyclic) bond motifs is 1. The van der Waals surface area contributed by atoms with Gasteiger partial charge in [0.1, 0.15) is 5.69 Å². The fraction of sp³-hybridized carbons (Fsp3) is 0.353. The van der Waals surface area contributed by atoms with E-state index in [2.05, 4.69) is 16.1 Å². The van der Waals surface area contributed by atoms with Crippen LogP contribution in [0, 0.1) is 0 Å². The number of nitrogens with zero attached hydrogens (tertiary/aromatic N) is 4. The summed E-state index contributed by atoms with van der Waals surface area (Å²) in [6.07, 6.45) is 0. The second-order valence-corrected chi connectivity index (χ2v) is 5.97. The molecule has 1 aliphatic rings. The summed E-state index contributed by atoms with van der Waals surface area (Å²) in [5.74, 6) is -0.154. The van der Waals surface area contributed by atoms with Gasteiger partial charge < -0.3 is 9.80 Å². The van der Waals surface area contributed by atoms with Crippen molar-refractivity contribution in [2.45, 2.75) is 19.5 Å². The summed E-state index contributed by atoms with van der Waals surface area (Å²) >= 11 is 0. The molecule has 2 aromatic rings. The van der Waals surface area contributed by atoms with Crippen LogP contribution >= 0.6 is 0 Å². The molecule has 2 heterocycles. The SMILES string of the molecule is C[C@@H]1CN(C)c2ccccc2CN1C(=O)c1ccc(=O)n(C)n1. The first kappa shape index (κ1) is 15.3. The number of likely N-dealkylation sites (N-methyl/N-ethyl adjacent to an activating group) is 1. The third-order valence-electron chi connectivity index (χ3n) is 4.25. The lowest BCUT2D eigenvalue weighted by atomic mass is 10.1. The van der Waals surface area contributed by atoms with Gasteiger partial charge in [-0.05, 0) is 24.6 Å². The molecule has 1 aliphatic heterocycles. The number of para-hydroxylation sites is 1. The highest BCUT2D eigenvalue weighted by atomic mass is 16.2. The minimum atomic E-state index is -0.226. The highest BCUT2D eigenvalue weighted by Gasteiger charge is 2.28. The van der Waals surface area contributed by atoms with E-state index < -0.39 is 0 Å². The summed E-state index contributed by atoms with van der Waals surface area (Å²) < 4.78 is 1.19. The van der Waals surface area contributed by atoms with Gasteiger partial charge in [-0.25, -0.2) is 4.68 Å². The summed E-state index contributed by atoms with van der Waals surface area (Å²) in [5, 5.41) is 4.09. The summed E-state index contributed by atoms with van der Waals surface area (Å²) in [4.78, 5) is 28.3. The van der Waals surface area contributed by atoms with Crippen LogP contribution in [0.1, 0.15) is 23.0 Å². The molecule has 23 heavy (non-hydrogen) atoms. The van der Waals surface area contributed by atoms with Gasteiger partial charge in [0.05, 0.1) is 0 Å². The van der Waals surface area contributed by atoms with Crippen molar-refractivity contribution in [2.75, 3.05) is 18.5 Å². The summed E-state index contributed by atoms with van der Waals surface area (Å²) in [6, 6.07) is 11.0. The topological polar surface area (TPSA) is 58.4 Å². The van der Waals surface area contributed by atoms with Crippen LogP contribution in [0.2, 0.25) is 0 Å². The van der Waals surface area contributed by atoms with E-state index in [9.17, 15) is 9.59 Å². The predicted molar refractivity (Wildman–Crippen MR) is 88.5 cm³/mol. The molecule has 0 saturated heterocycles. The number of aryl methyl sites for hydroxylation is 1. The monoisotopic (exact) mass is 312 g/mol. The van der Waals surface area contributed by atoms with Crippen molar-refractivity contribution >= 4 is 11.6 Å². The van der Waals surface area contributed by atoms with E-state index in [1.54, 1.807) is 7.05 Å². The maximum Gasteiger partial charge on any atom is 0.274 e. The van der Waals surface area contributed by atoms with Crippen molar-refractivity contribution in [1.82, 2.24) is 14.7 Å². The Bertz CT molecular complexity index is 799. The average molecular weight is 312 g/mol. The van der Waals surface area contributed by atoms with Crippen LogP contribution in [0.15, 0.2) is 41.2 Å². The lowest BCUT2D eigenvalue weighted by Crippen LogP contribution is -2.42. The first-order chi connectivity index (χ1) is 11.0. The molecular formula is C17H20N4O2. The summed E-state index contributed by atoms with van der Waals surface area (Å²) in [6.45, 7) is 3.31. The van der Waals surface area contributed by atoms with E-state index in [0.717, 1.165) is 17.8 Å². The second-order valence-electron chi connectivity index (χ2n) is 5.97. The molecule has 0 unspecified atom stereocenters. The van der Waals surface area contributed by atoms with E-state index in [1.807, 2.05) is 37.1 Å².